The van der Waals surface area contributed by atoms with E-state index in [9.17, 15) is 0 Å². The number of aromatic nitrogens is 3. The molecule has 1 aromatic carbocycles. The molecular formula is C20H30N6. The second kappa shape index (κ2) is 8.34. The summed E-state index contributed by atoms with van der Waals surface area (Å²) in [6.07, 6.45) is 7.95. The summed E-state index contributed by atoms with van der Waals surface area (Å²) in [6, 6.07) is 9.00. The molecule has 0 aliphatic heterocycles. The van der Waals surface area contributed by atoms with Crippen molar-refractivity contribution in [3.8, 4) is 0 Å². The van der Waals surface area contributed by atoms with Crippen molar-refractivity contribution < 1.29 is 0 Å². The number of guanidine groups is 1. The van der Waals surface area contributed by atoms with Gasteiger partial charge in [-0.2, -0.15) is 5.10 Å². The van der Waals surface area contributed by atoms with Crippen LogP contribution in [0.1, 0.15) is 49.1 Å². The van der Waals surface area contributed by atoms with Gasteiger partial charge < -0.3 is 10.6 Å². The van der Waals surface area contributed by atoms with E-state index >= 15 is 0 Å². The third kappa shape index (κ3) is 4.23. The van der Waals surface area contributed by atoms with E-state index in [1.54, 1.807) is 11.0 Å². The van der Waals surface area contributed by atoms with Crippen molar-refractivity contribution in [1.29, 1.82) is 0 Å². The highest BCUT2D eigenvalue weighted by atomic mass is 15.3. The summed E-state index contributed by atoms with van der Waals surface area (Å²) in [4.78, 5) is 8.63. The van der Waals surface area contributed by atoms with Crippen molar-refractivity contribution in [1.82, 2.24) is 25.4 Å². The summed E-state index contributed by atoms with van der Waals surface area (Å²) in [6.45, 7) is 3.68. The quantitative estimate of drug-likeness (QED) is 0.640. The van der Waals surface area contributed by atoms with Gasteiger partial charge in [0.15, 0.2) is 5.96 Å². The summed E-state index contributed by atoms with van der Waals surface area (Å²) in [5, 5.41) is 11.0. The van der Waals surface area contributed by atoms with Crippen LogP contribution in [-0.4, -0.2) is 34.3 Å². The third-order valence-electron chi connectivity index (χ3n) is 5.48. The fraction of sp³-hybridized carbons (Fsp3) is 0.550. The minimum Gasteiger partial charge on any atom is -0.356 e. The largest absolute Gasteiger partial charge is 0.356 e. The van der Waals surface area contributed by atoms with Crippen LogP contribution in [0.15, 0.2) is 35.6 Å². The van der Waals surface area contributed by atoms with Gasteiger partial charge in [0.05, 0.1) is 6.54 Å². The summed E-state index contributed by atoms with van der Waals surface area (Å²) in [5.74, 6) is 1.70. The Morgan fingerprint density at radius 2 is 2.04 bits per heavy atom. The maximum atomic E-state index is 4.38. The Bertz CT molecular complexity index is 742. The lowest BCUT2D eigenvalue weighted by Gasteiger charge is -2.38. The molecule has 0 saturated heterocycles. The van der Waals surface area contributed by atoms with E-state index in [0.717, 1.165) is 18.3 Å². The standard InChI is InChI=1S/C20H30N6/c1-16-8-7-9-17(12-16)20(10-5-4-6-11-20)14-23-19(21-2)22-13-18-24-15-25-26(18)3/h7-9,12,15H,4-6,10-11,13-14H2,1-3H3,(H2,21,22,23). The molecule has 3 rings (SSSR count). The molecule has 1 fully saturated rings. The third-order valence-corrected chi connectivity index (χ3v) is 5.48. The van der Waals surface area contributed by atoms with Gasteiger partial charge in [0.2, 0.25) is 0 Å². The molecule has 2 N–H and O–H groups in total. The van der Waals surface area contributed by atoms with Crippen molar-refractivity contribution in [2.75, 3.05) is 13.6 Å². The van der Waals surface area contributed by atoms with Crippen molar-refractivity contribution in [3.63, 3.8) is 0 Å². The zero-order valence-corrected chi connectivity index (χ0v) is 16.1. The number of aryl methyl sites for hydroxylation is 2. The Hall–Kier alpha value is -2.37. The predicted molar refractivity (Wildman–Crippen MR) is 105 cm³/mol. The molecule has 6 nitrogen and oxygen atoms in total. The highest BCUT2D eigenvalue weighted by Crippen LogP contribution is 2.39. The van der Waals surface area contributed by atoms with E-state index < -0.39 is 0 Å². The number of hydrogen-bond acceptors (Lipinski definition) is 3. The first-order chi connectivity index (χ1) is 12.6. The summed E-state index contributed by atoms with van der Waals surface area (Å²) in [5.41, 5.74) is 2.97. The molecule has 1 aliphatic rings. The first-order valence-electron chi connectivity index (χ1n) is 9.47. The molecule has 1 aliphatic carbocycles. The van der Waals surface area contributed by atoms with Gasteiger partial charge in [-0.05, 0) is 25.3 Å². The molecule has 26 heavy (non-hydrogen) atoms. The van der Waals surface area contributed by atoms with E-state index in [-0.39, 0.29) is 5.41 Å². The lowest BCUT2D eigenvalue weighted by molar-refractivity contribution is 0.291. The zero-order valence-electron chi connectivity index (χ0n) is 16.1. The van der Waals surface area contributed by atoms with Crippen LogP contribution in [0.25, 0.3) is 0 Å². The molecule has 1 heterocycles. The monoisotopic (exact) mass is 354 g/mol. The van der Waals surface area contributed by atoms with Crippen LogP contribution < -0.4 is 10.6 Å². The molecule has 0 atom stereocenters. The molecule has 6 heteroatoms. The smallest absolute Gasteiger partial charge is 0.191 e. The van der Waals surface area contributed by atoms with Gasteiger partial charge in [-0.25, -0.2) is 4.98 Å². The molecule has 0 amide bonds. The van der Waals surface area contributed by atoms with Crippen LogP contribution in [0, 0.1) is 6.92 Å². The lowest BCUT2D eigenvalue weighted by Crippen LogP contribution is -2.46. The fourth-order valence-electron chi connectivity index (χ4n) is 3.89. The van der Waals surface area contributed by atoms with Crippen LogP contribution in [0.2, 0.25) is 0 Å². The number of aliphatic imine (C=N–C) groups is 1. The number of rotatable bonds is 5. The van der Waals surface area contributed by atoms with Crippen molar-refractivity contribution >= 4 is 5.96 Å². The number of hydrogen-bond donors (Lipinski definition) is 2. The van der Waals surface area contributed by atoms with E-state index in [4.69, 9.17) is 0 Å². The van der Waals surface area contributed by atoms with Crippen molar-refractivity contribution in [2.24, 2.45) is 12.0 Å². The Morgan fingerprint density at radius 1 is 1.23 bits per heavy atom. The minimum atomic E-state index is 0.187. The average Bonchev–Trinajstić information content (AvgIpc) is 3.07. The molecule has 1 saturated carbocycles. The maximum Gasteiger partial charge on any atom is 0.191 e. The van der Waals surface area contributed by atoms with Crippen LogP contribution in [0.4, 0.5) is 0 Å². The predicted octanol–water partition coefficient (Wildman–Crippen LogP) is 2.69. The maximum absolute atomic E-state index is 4.38. The van der Waals surface area contributed by atoms with Crippen molar-refractivity contribution in [2.45, 2.75) is 51.0 Å². The Balaban J connectivity index is 1.68. The summed E-state index contributed by atoms with van der Waals surface area (Å²) >= 11 is 0. The molecule has 0 spiro atoms. The number of nitrogens with zero attached hydrogens (tertiary/aromatic N) is 4. The van der Waals surface area contributed by atoms with Crippen LogP contribution in [0.5, 0.6) is 0 Å². The van der Waals surface area contributed by atoms with Gasteiger partial charge in [-0.1, -0.05) is 49.1 Å². The Morgan fingerprint density at radius 3 is 2.69 bits per heavy atom. The molecular weight excluding hydrogens is 324 g/mol. The molecule has 2 aromatic rings. The van der Waals surface area contributed by atoms with Gasteiger partial charge in [-0.15, -0.1) is 0 Å². The molecule has 0 radical (unpaired) electrons. The van der Waals surface area contributed by atoms with Crippen LogP contribution >= 0.6 is 0 Å². The zero-order chi connectivity index (χ0) is 18.4. The van der Waals surface area contributed by atoms with Gasteiger partial charge in [0.1, 0.15) is 12.2 Å². The van der Waals surface area contributed by atoms with E-state index in [0.29, 0.717) is 6.54 Å². The topological polar surface area (TPSA) is 67.1 Å². The number of benzene rings is 1. The molecule has 0 bridgehead atoms. The Labute approximate surface area is 156 Å². The van der Waals surface area contributed by atoms with E-state index in [1.165, 1.54) is 43.2 Å². The van der Waals surface area contributed by atoms with E-state index in [1.807, 2.05) is 14.1 Å². The van der Waals surface area contributed by atoms with Crippen LogP contribution in [0.3, 0.4) is 0 Å². The van der Waals surface area contributed by atoms with Gasteiger partial charge in [0, 0.05) is 26.1 Å². The lowest BCUT2D eigenvalue weighted by atomic mass is 9.69. The Kier molecular flexibility index (Phi) is 5.91. The second-order valence-corrected chi connectivity index (χ2v) is 7.29. The van der Waals surface area contributed by atoms with E-state index in [2.05, 4.69) is 56.9 Å². The van der Waals surface area contributed by atoms with Crippen molar-refractivity contribution in [3.05, 3.63) is 47.5 Å². The first-order valence-corrected chi connectivity index (χ1v) is 9.47. The molecule has 140 valence electrons. The fourth-order valence-corrected chi connectivity index (χ4v) is 3.89. The molecule has 1 aromatic heterocycles. The summed E-state index contributed by atoms with van der Waals surface area (Å²) < 4.78 is 1.77. The van der Waals surface area contributed by atoms with Gasteiger partial charge >= 0.3 is 0 Å². The highest BCUT2D eigenvalue weighted by molar-refractivity contribution is 5.79. The minimum absolute atomic E-state index is 0.187. The van der Waals surface area contributed by atoms with Gasteiger partial charge in [0.25, 0.3) is 0 Å². The normalized spacial score (nSPS) is 17.1. The summed E-state index contributed by atoms with van der Waals surface area (Å²) in [7, 11) is 3.71. The van der Waals surface area contributed by atoms with Gasteiger partial charge in [-0.3, -0.25) is 9.67 Å². The first kappa shape index (κ1) is 18.4. The second-order valence-electron chi connectivity index (χ2n) is 7.29. The number of nitrogens with one attached hydrogen (secondary N) is 2. The molecule has 0 unspecified atom stereocenters. The average molecular weight is 355 g/mol. The highest BCUT2D eigenvalue weighted by Gasteiger charge is 2.34. The SMILES string of the molecule is CN=C(NCc1ncnn1C)NCC1(c2cccc(C)c2)CCCCC1. The van der Waals surface area contributed by atoms with Crippen LogP contribution in [-0.2, 0) is 19.0 Å².